The number of hydrogen-bond donors (Lipinski definition) is 0. The molecule has 0 saturated heterocycles. The molecule has 0 amide bonds. The minimum atomic E-state index is 0. The van der Waals surface area contributed by atoms with Gasteiger partial charge in [0.05, 0.1) is 0 Å². The largest absolute Gasteiger partial charge is 0.0776 e. The van der Waals surface area contributed by atoms with Crippen LogP contribution in [0.5, 0.6) is 0 Å². The molecule has 0 radical (unpaired) electrons. The zero-order valence-corrected chi connectivity index (χ0v) is 17.9. The van der Waals surface area contributed by atoms with Crippen LogP contribution in [-0.4, -0.2) is 0 Å². The third-order valence-electron chi connectivity index (χ3n) is 6.91. The monoisotopic (exact) mass is 372 g/mol. The summed E-state index contributed by atoms with van der Waals surface area (Å²) in [6, 6.07) is 0. The van der Waals surface area contributed by atoms with Gasteiger partial charge in [0.25, 0.3) is 0 Å². The van der Waals surface area contributed by atoms with E-state index in [9.17, 15) is 0 Å². The minimum absolute atomic E-state index is 0. The molecule has 0 heteroatoms. The SMILES string of the molecule is C.C.CC1CCC(C)CC1.CC1CCC(C)CC1.CC1CCC(C)CC1.[HH].[HH]. The molecule has 0 heterocycles. The molecule has 0 spiro atoms. The average Bonchev–Trinajstić information content (AvgIpc) is 2.57. The molecule has 0 aromatic carbocycles. The van der Waals surface area contributed by atoms with Gasteiger partial charge in [0.2, 0.25) is 0 Å². The van der Waals surface area contributed by atoms with Crippen molar-refractivity contribution in [2.45, 2.75) is 133 Å². The lowest BCUT2D eigenvalue weighted by Crippen LogP contribution is -2.08. The van der Waals surface area contributed by atoms with E-state index < -0.39 is 0 Å². The molecular weight excluding hydrogens is 312 g/mol. The lowest BCUT2D eigenvalue weighted by molar-refractivity contribution is 0.308. The zero-order valence-electron chi connectivity index (χ0n) is 17.9. The molecule has 0 aromatic heterocycles. The molecule has 3 rings (SSSR count). The molecule has 0 atom stereocenters. The Morgan fingerprint density at radius 3 is 0.462 bits per heavy atom. The van der Waals surface area contributed by atoms with E-state index in [1.54, 1.807) is 0 Å². The summed E-state index contributed by atoms with van der Waals surface area (Å²) in [6.45, 7) is 14.2. The van der Waals surface area contributed by atoms with Crippen LogP contribution in [0.15, 0.2) is 0 Å². The smallest absolute Gasteiger partial charge is 0 e. The van der Waals surface area contributed by atoms with E-state index in [0.29, 0.717) is 0 Å². The quantitative estimate of drug-likeness (QED) is 0.396. The maximum absolute atomic E-state index is 2.37. The third kappa shape index (κ3) is 14.1. The van der Waals surface area contributed by atoms with E-state index in [2.05, 4.69) is 41.5 Å². The Morgan fingerprint density at radius 1 is 0.308 bits per heavy atom. The fraction of sp³-hybridized carbons (Fsp3) is 1.00. The maximum Gasteiger partial charge on any atom is 0 e. The molecule has 0 nitrogen and oxygen atoms in total. The van der Waals surface area contributed by atoms with Crippen LogP contribution in [0.1, 0.15) is 136 Å². The second-order valence-corrected chi connectivity index (χ2v) is 10.1. The van der Waals surface area contributed by atoms with Crippen LogP contribution >= 0.6 is 0 Å². The molecule has 0 unspecified atom stereocenters. The summed E-state index contributed by atoms with van der Waals surface area (Å²) in [4.78, 5) is 0. The predicted octanol–water partition coefficient (Wildman–Crippen LogP) is 10.3. The highest BCUT2D eigenvalue weighted by Crippen LogP contribution is 2.28. The molecule has 164 valence electrons. The van der Waals surface area contributed by atoms with Gasteiger partial charge in [0.15, 0.2) is 0 Å². The van der Waals surface area contributed by atoms with Gasteiger partial charge in [-0.15, -0.1) is 0 Å². The molecule has 3 aliphatic rings. The summed E-state index contributed by atoms with van der Waals surface area (Å²) in [6.07, 6.45) is 17.7. The van der Waals surface area contributed by atoms with Crippen molar-refractivity contribution in [3.63, 3.8) is 0 Å². The summed E-state index contributed by atoms with van der Waals surface area (Å²) in [5.74, 6) is 6.12. The van der Waals surface area contributed by atoms with Gasteiger partial charge >= 0.3 is 0 Å². The van der Waals surface area contributed by atoms with Crippen molar-refractivity contribution in [3.8, 4) is 0 Å². The van der Waals surface area contributed by atoms with Crippen LogP contribution in [-0.2, 0) is 0 Å². The van der Waals surface area contributed by atoms with Crippen LogP contribution in [0.25, 0.3) is 0 Å². The number of rotatable bonds is 0. The standard InChI is InChI=1S/3C8H16.2CH4.2H2/c3*1-7-3-5-8(2)6-4-7;;;;/h3*7-8H,3-6H2,1-2H3;2*1H4;2*1H. The van der Waals surface area contributed by atoms with Crippen molar-refractivity contribution in [2.75, 3.05) is 0 Å². The van der Waals surface area contributed by atoms with Crippen LogP contribution in [0.2, 0.25) is 0 Å². The fourth-order valence-corrected chi connectivity index (χ4v) is 4.28. The lowest BCUT2D eigenvalue weighted by Gasteiger charge is -2.22. The molecule has 0 bridgehead atoms. The summed E-state index contributed by atoms with van der Waals surface area (Å²) in [5, 5.41) is 0. The molecule has 3 fully saturated rings. The summed E-state index contributed by atoms with van der Waals surface area (Å²) in [5.41, 5.74) is 0. The molecular formula is C26H60. The lowest BCUT2D eigenvalue weighted by atomic mass is 9.84. The average molecular weight is 373 g/mol. The Balaban J connectivity index is -0.000000144. The van der Waals surface area contributed by atoms with Gasteiger partial charge in [-0.25, -0.2) is 0 Å². The molecule has 0 aliphatic heterocycles. The van der Waals surface area contributed by atoms with Gasteiger partial charge in [-0.2, -0.15) is 0 Å². The van der Waals surface area contributed by atoms with Crippen LogP contribution in [0.4, 0.5) is 0 Å². The minimum Gasteiger partial charge on any atom is -0.0776 e. The Bertz CT molecular complexity index is 203. The van der Waals surface area contributed by atoms with Gasteiger partial charge in [-0.3, -0.25) is 0 Å². The van der Waals surface area contributed by atoms with E-state index in [0.717, 1.165) is 35.5 Å². The molecule has 3 saturated carbocycles. The Morgan fingerprint density at radius 2 is 0.385 bits per heavy atom. The Hall–Kier alpha value is 0. The van der Waals surface area contributed by atoms with Crippen LogP contribution in [0, 0.1) is 35.5 Å². The first kappa shape index (κ1) is 28.2. The Kier molecular flexibility index (Phi) is 17.4. The summed E-state index contributed by atoms with van der Waals surface area (Å²) >= 11 is 0. The topological polar surface area (TPSA) is 0 Å². The fourth-order valence-electron chi connectivity index (χ4n) is 4.28. The summed E-state index contributed by atoms with van der Waals surface area (Å²) in [7, 11) is 0. The first-order valence-corrected chi connectivity index (χ1v) is 11.4. The molecule has 26 heavy (non-hydrogen) atoms. The highest BCUT2D eigenvalue weighted by molar-refractivity contribution is 4.67. The van der Waals surface area contributed by atoms with Gasteiger partial charge in [-0.05, 0) is 35.5 Å². The second-order valence-electron chi connectivity index (χ2n) is 10.1. The van der Waals surface area contributed by atoms with Crippen molar-refractivity contribution >= 4 is 0 Å². The summed E-state index contributed by atoms with van der Waals surface area (Å²) < 4.78 is 0. The first-order valence-electron chi connectivity index (χ1n) is 11.4. The highest BCUT2D eigenvalue weighted by atomic mass is 14.2. The first-order chi connectivity index (χ1) is 11.4. The van der Waals surface area contributed by atoms with Crippen molar-refractivity contribution in [1.82, 2.24) is 0 Å². The van der Waals surface area contributed by atoms with E-state index in [1.165, 1.54) is 77.0 Å². The number of hydrogen-bond acceptors (Lipinski definition) is 0. The van der Waals surface area contributed by atoms with Gasteiger partial charge < -0.3 is 0 Å². The van der Waals surface area contributed by atoms with Gasteiger partial charge in [0.1, 0.15) is 0 Å². The second kappa shape index (κ2) is 16.0. The normalized spacial score (nSPS) is 36.7. The van der Waals surface area contributed by atoms with Crippen molar-refractivity contribution in [2.24, 2.45) is 35.5 Å². The van der Waals surface area contributed by atoms with Gasteiger partial charge in [-0.1, -0.05) is 133 Å². The van der Waals surface area contributed by atoms with Crippen LogP contribution < -0.4 is 0 Å². The van der Waals surface area contributed by atoms with Gasteiger partial charge in [0, 0.05) is 2.85 Å². The van der Waals surface area contributed by atoms with Crippen molar-refractivity contribution < 1.29 is 2.85 Å². The zero-order chi connectivity index (χ0) is 17.9. The van der Waals surface area contributed by atoms with Crippen molar-refractivity contribution in [1.29, 1.82) is 0 Å². The van der Waals surface area contributed by atoms with Crippen molar-refractivity contribution in [3.05, 3.63) is 0 Å². The predicted molar refractivity (Wildman–Crippen MR) is 128 cm³/mol. The molecule has 0 aromatic rings. The van der Waals surface area contributed by atoms with Crippen LogP contribution in [0.3, 0.4) is 0 Å². The Labute approximate surface area is 172 Å². The maximum atomic E-state index is 2.37. The molecule has 3 aliphatic carbocycles. The highest BCUT2D eigenvalue weighted by Gasteiger charge is 2.14. The van der Waals surface area contributed by atoms with E-state index in [1.807, 2.05) is 0 Å². The third-order valence-corrected chi connectivity index (χ3v) is 6.91. The van der Waals surface area contributed by atoms with E-state index in [4.69, 9.17) is 0 Å². The van der Waals surface area contributed by atoms with E-state index in [-0.39, 0.29) is 17.7 Å². The molecule has 0 N–H and O–H groups in total. The van der Waals surface area contributed by atoms with E-state index >= 15 is 0 Å².